The fraction of sp³-hybridized carbons (Fsp3) is 0.667. The molecule has 0 amide bonds. The lowest BCUT2D eigenvalue weighted by Gasteiger charge is -2.20. The van der Waals surface area contributed by atoms with Crippen molar-refractivity contribution in [1.29, 1.82) is 0 Å². The van der Waals surface area contributed by atoms with Gasteiger partial charge in [-0.15, -0.1) is 0 Å². The van der Waals surface area contributed by atoms with Gasteiger partial charge in [0, 0.05) is 19.4 Å². The lowest BCUT2D eigenvalue weighted by Crippen LogP contribution is -2.22. The molecular weight excluding hydrogens is 182 g/mol. The van der Waals surface area contributed by atoms with Gasteiger partial charge in [-0.25, -0.2) is 9.67 Å². The largest absolute Gasteiger partial charge is 0.481 e. The van der Waals surface area contributed by atoms with Crippen molar-refractivity contribution in [2.75, 3.05) is 0 Å². The van der Waals surface area contributed by atoms with Gasteiger partial charge in [-0.05, 0) is 19.3 Å². The second kappa shape index (κ2) is 3.40. The number of nitrogens with zero attached hydrogens (tertiary/aromatic N) is 3. The zero-order chi connectivity index (χ0) is 10.1. The molecule has 1 unspecified atom stereocenters. The molecule has 0 saturated carbocycles. The van der Waals surface area contributed by atoms with E-state index in [2.05, 4.69) is 10.1 Å². The number of hydrogen-bond donors (Lipinski definition) is 1. The first-order valence-corrected chi connectivity index (χ1v) is 4.77. The molecule has 1 atom stereocenters. The summed E-state index contributed by atoms with van der Waals surface area (Å²) in [4.78, 5) is 14.8. The molecule has 2 rings (SSSR count). The Bertz CT molecular complexity index is 359. The van der Waals surface area contributed by atoms with E-state index >= 15 is 0 Å². The quantitative estimate of drug-likeness (QED) is 0.751. The number of aliphatic carboxylic acids is 1. The highest BCUT2D eigenvalue weighted by Gasteiger charge is 2.22. The monoisotopic (exact) mass is 195 g/mol. The van der Waals surface area contributed by atoms with Crippen LogP contribution in [0.4, 0.5) is 0 Å². The van der Waals surface area contributed by atoms with E-state index in [4.69, 9.17) is 5.11 Å². The van der Waals surface area contributed by atoms with Crippen molar-refractivity contribution in [1.82, 2.24) is 14.8 Å². The predicted octanol–water partition coefficient (Wildman–Crippen LogP) is 0.624. The van der Waals surface area contributed by atoms with Gasteiger partial charge < -0.3 is 5.11 Å². The zero-order valence-corrected chi connectivity index (χ0v) is 8.10. The molecule has 76 valence electrons. The Kier molecular flexibility index (Phi) is 2.23. The summed E-state index contributed by atoms with van der Waals surface area (Å²) in [5.41, 5.74) is 0. The summed E-state index contributed by atoms with van der Waals surface area (Å²) in [6, 6.07) is 0. The Hall–Kier alpha value is -1.39. The van der Waals surface area contributed by atoms with Gasteiger partial charge in [-0.1, -0.05) is 0 Å². The van der Waals surface area contributed by atoms with E-state index in [1.807, 2.05) is 11.6 Å². The molecule has 1 aromatic heterocycles. The fourth-order valence-electron chi connectivity index (χ4n) is 1.92. The minimum Gasteiger partial charge on any atom is -0.481 e. The molecule has 5 heteroatoms. The van der Waals surface area contributed by atoms with E-state index in [0.29, 0.717) is 0 Å². The Morgan fingerprint density at radius 3 is 3.21 bits per heavy atom. The number of aryl methyl sites for hydroxylation is 2. The van der Waals surface area contributed by atoms with Crippen LogP contribution in [0.5, 0.6) is 0 Å². The normalized spacial score (nSPS) is 20.5. The third-order valence-corrected chi connectivity index (χ3v) is 2.54. The van der Waals surface area contributed by atoms with Crippen LogP contribution in [-0.2, 0) is 17.8 Å². The summed E-state index contributed by atoms with van der Waals surface area (Å²) in [6.07, 6.45) is 1.88. The first-order valence-electron chi connectivity index (χ1n) is 4.77. The first-order chi connectivity index (χ1) is 6.65. The topological polar surface area (TPSA) is 68.0 Å². The molecule has 0 aliphatic carbocycles. The molecule has 1 aliphatic rings. The smallest absolute Gasteiger partial charge is 0.303 e. The van der Waals surface area contributed by atoms with Crippen molar-refractivity contribution in [3.05, 3.63) is 11.6 Å². The fourth-order valence-corrected chi connectivity index (χ4v) is 1.92. The molecule has 0 fully saturated rings. The van der Waals surface area contributed by atoms with Crippen LogP contribution in [0.25, 0.3) is 0 Å². The van der Waals surface area contributed by atoms with Crippen molar-refractivity contribution >= 4 is 5.97 Å². The lowest BCUT2D eigenvalue weighted by atomic mass is 9.95. The maximum Gasteiger partial charge on any atom is 0.303 e. The molecular formula is C9H13N3O2. The molecule has 1 N–H and O–H groups in total. The van der Waals surface area contributed by atoms with Crippen LogP contribution in [0.15, 0.2) is 0 Å². The molecule has 0 radical (unpaired) electrons. The average Bonchev–Trinajstić information content (AvgIpc) is 2.42. The maximum absolute atomic E-state index is 10.5. The Morgan fingerprint density at radius 2 is 2.50 bits per heavy atom. The van der Waals surface area contributed by atoms with Gasteiger partial charge in [0.05, 0.1) is 0 Å². The molecule has 5 nitrogen and oxygen atoms in total. The van der Waals surface area contributed by atoms with Gasteiger partial charge in [-0.3, -0.25) is 4.79 Å². The minimum atomic E-state index is -0.723. The van der Waals surface area contributed by atoms with Crippen LogP contribution in [-0.4, -0.2) is 25.8 Å². The lowest BCUT2D eigenvalue weighted by molar-refractivity contribution is -0.138. The SMILES string of the molecule is Cc1nc2n(n1)CCC(CC(=O)O)C2. The number of carboxylic acids is 1. The molecule has 1 aromatic rings. The molecule has 0 spiro atoms. The number of hydrogen-bond acceptors (Lipinski definition) is 3. The van der Waals surface area contributed by atoms with Gasteiger partial charge in [0.1, 0.15) is 11.6 Å². The van der Waals surface area contributed by atoms with Gasteiger partial charge in [0.25, 0.3) is 0 Å². The van der Waals surface area contributed by atoms with E-state index < -0.39 is 5.97 Å². The van der Waals surface area contributed by atoms with Crippen LogP contribution in [0.2, 0.25) is 0 Å². The molecule has 2 heterocycles. The summed E-state index contributed by atoms with van der Waals surface area (Å²) < 4.78 is 1.88. The highest BCUT2D eigenvalue weighted by molar-refractivity contribution is 5.67. The number of aromatic nitrogens is 3. The van der Waals surface area contributed by atoms with Crippen molar-refractivity contribution in [2.45, 2.75) is 32.7 Å². The third-order valence-electron chi connectivity index (χ3n) is 2.54. The highest BCUT2D eigenvalue weighted by Crippen LogP contribution is 2.21. The van der Waals surface area contributed by atoms with E-state index in [-0.39, 0.29) is 12.3 Å². The van der Waals surface area contributed by atoms with Crippen LogP contribution in [0.3, 0.4) is 0 Å². The highest BCUT2D eigenvalue weighted by atomic mass is 16.4. The molecule has 0 saturated heterocycles. The van der Waals surface area contributed by atoms with E-state index in [9.17, 15) is 4.79 Å². The van der Waals surface area contributed by atoms with E-state index in [1.54, 1.807) is 0 Å². The number of rotatable bonds is 2. The summed E-state index contributed by atoms with van der Waals surface area (Å²) in [5.74, 6) is 1.21. The van der Waals surface area contributed by atoms with Gasteiger partial charge in [0.15, 0.2) is 0 Å². The van der Waals surface area contributed by atoms with Crippen molar-refractivity contribution in [3.63, 3.8) is 0 Å². The molecule has 1 aliphatic heterocycles. The third kappa shape index (κ3) is 1.76. The Morgan fingerprint density at radius 1 is 1.71 bits per heavy atom. The first kappa shape index (κ1) is 9.18. The zero-order valence-electron chi connectivity index (χ0n) is 8.10. The number of fused-ring (bicyclic) bond motifs is 1. The van der Waals surface area contributed by atoms with Gasteiger partial charge in [0.2, 0.25) is 0 Å². The van der Waals surface area contributed by atoms with Crippen LogP contribution in [0, 0.1) is 12.8 Å². The Labute approximate surface area is 81.8 Å². The summed E-state index contributed by atoms with van der Waals surface area (Å²) >= 11 is 0. The van der Waals surface area contributed by atoms with E-state index in [0.717, 1.165) is 31.0 Å². The molecule has 14 heavy (non-hydrogen) atoms. The molecule has 0 bridgehead atoms. The summed E-state index contributed by atoms with van der Waals surface area (Å²) in [5, 5.41) is 12.9. The number of carbonyl (C=O) groups is 1. The van der Waals surface area contributed by atoms with Crippen molar-refractivity contribution < 1.29 is 9.90 Å². The van der Waals surface area contributed by atoms with Crippen LogP contribution < -0.4 is 0 Å². The van der Waals surface area contributed by atoms with Gasteiger partial charge >= 0.3 is 5.97 Å². The van der Waals surface area contributed by atoms with E-state index in [1.165, 1.54) is 0 Å². The number of carboxylic acid groups (broad SMARTS) is 1. The van der Waals surface area contributed by atoms with Crippen molar-refractivity contribution in [3.8, 4) is 0 Å². The summed E-state index contributed by atoms with van der Waals surface area (Å²) in [7, 11) is 0. The standard InChI is InChI=1S/C9H13N3O2/c1-6-10-8-4-7(5-9(13)14)2-3-12(8)11-6/h7H,2-5H2,1H3,(H,13,14). The predicted molar refractivity (Wildman–Crippen MR) is 48.8 cm³/mol. The summed E-state index contributed by atoms with van der Waals surface area (Å²) in [6.45, 7) is 2.66. The minimum absolute atomic E-state index is 0.226. The van der Waals surface area contributed by atoms with Crippen LogP contribution >= 0.6 is 0 Å². The second-order valence-electron chi connectivity index (χ2n) is 3.76. The second-order valence-corrected chi connectivity index (χ2v) is 3.76. The van der Waals surface area contributed by atoms with Crippen LogP contribution in [0.1, 0.15) is 24.5 Å². The maximum atomic E-state index is 10.5. The molecule has 0 aromatic carbocycles. The van der Waals surface area contributed by atoms with Gasteiger partial charge in [-0.2, -0.15) is 5.10 Å². The van der Waals surface area contributed by atoms with Crippen molar-refractivity contribution in [2.24, 2.45) is 5.92 Å². The Balaban J connectivity index is 2.09. The average molecular weight is 195 g/mol.